The molecule has 78 valence electrons. The lowest BCUT2D eigenvalue weighted by molar-refractivity contribution is 0.0985. The van der Waals surface area contributed by atoms with Gasteiger partial charge in [-0.25, -0.2) is 0 Å². The lowest BCUT2D eigenvalue weighted by Gasteiger charge is -2.00. The molecule has 0 aliphatic heterocycles. The second-order valence-corrected chi connectivity index (χ2v) is 3.57. The number of hydrogen-bond donors (Lipinski definition) is 0. The number of halogens is 2. The summed E-state index contributed by atoms with van der Waals surface area (Å²) in [6, 6.07) is 4.65. The molecule has 15 heavy (non-hydrogen) atoms. The van der Waals surface area contributed by atoms with Gasteiger partial charge in [-0.1, -0.05) is 28.3 Å². The highest BCUT2D eigenvalue weighted by Gasteiger charge is 2.07. The number of rotatable bonds is 4. The van der Waals surface area contributed by atoms with Gasteiger partial charge in [-0.15, -0.1) is 0 Å². The van der Waals surface area contributed by atoms with Gasteiger partial charge in [-0.05, 0) is 23.7 Å². The Hall–Kier alpha value is -1.22. The number of azide groups is 1. The maximum Gasteiger partial charge on any atom is 0.163 e. The quantitative estimate of drug-likeness (QED) is 0.343. The Balaban J connectivity index is 2.74. The van der Waals surface area contributed by atoms with Crippen molar-refractivity contribution < 1.29 is 4.79 Å². The van der Waals surface area contributed by atoms with E-state index in [2.05, 4.69) is 10.0 Å². The minimum atomic E-state index is -0.124. The number of hydrogen-bond acceptors (Lipinski definition) is 2. The second kappa shape index (κ2) is 5.61. The summed E-state index contributed by atoms with van der Waals surface area (Å²) in [5.41, 5.74) is 8.51. The molecule has 1 rings (SSSR count). The Morgan fingerprint density at radius 1 is 1.40 bits per heavy atom. The summed E-state index contributed by atoms with van der Waals surface area (Å²) in [4.78, 5) is 14.1. The molecule has 0 saturated carbocycles. The number of ketones is 1. The molecule has 0 amide bonds. The van der Waals surface area contributed by atoms with E-state index in [0.29, 0.717) is 15.6 Å². The molecule has 0 atom stereocenters. The molecule has 0 aliphatic rings. The van der Waals surface area contributed by atoms with Crippen LogP contribution in [0.4, 0.5) is 0 Å². The highest BCUT2D eigenvalue weighted by Crippen LogP contribution is 2.23. The molecule has 0 bridgehead atoms. The smallest absolute Gasteiger partial charge is 0.163 e. The summed E-state index contributed by atoms with van der Waals surface area (Å²) in [6.45, 7) is 0.148. The van der Waals surface area contributed by atoms with E-state index >= 15 is 0 Å². The Morgan fingerprint density at radius 3 is 2.73 bits per heavy atom. The monoisotopic (exact) mass is 243 g/mol. The van der Waals surface area contributed by atoms with Crippen LogP contribution in [0.2, 0.25) is 10.0 Å². The van der Waals surface area contributed by atoms with Crippen LogP contribution < -0.4 is 0 Å². The molecule has 0 saturated heterocycles. The molecular weight excluding hydrogens is 237 g/mol. The third kappa shape index (κ3) is 3.44. The minimum absolute atomic E-state index is 0.124. The van der Waals surface area contributed by atoms with E-state index in [1.165, 1.54) is 6.07 Å². The Morgan fingerprint density at radius 2 is 2.13 bits per heavy atom. The van der Waals surface area contributed by atoms with Crippen LogP contribution in [0.25, 0.3) is 10.4 Å². The summed E-state index contributed by atoms with van der Waals surface area (Å²) in [5, 5.41) is 4.02. The van der Waals surface area contributed by atoms with E-state index in [4.69, 9.17) is 28.7 Å². The molecule has 1 aromatic rings. The van der Waals surface area contributed by atoms with Crippen LogP contribution in [-0.2, 0) is 0 Å². The molecule has 0 N–H and O–H groups in total. The lowest BCUT2D eigenvalue weighted by Crippen LogP contribution is -2.00. The zero-order valence-corrected chi connectivity index (χ0v) is 9.16. The van der Waals surface area contributed by atoms with Crippen LogP contribution in [0.1, 0.15) is 16.8 Å². The topological polar surface area (TPSA) is 65.8 Å². The maximum absolute atomic E-state index is 11.5. The van der Waals surface area contributed by atoms with Crippen LogP contribution >= 0.6 is 23.2 Å². The molecule has 1 aromatic carbocycles. The van der Waals surface area contributed by atoms with E-state index < -0.39 is 0 Å². The zero-order valence-electron chi connectivity index (χ0n) is 7.65. The third-order valence-electron chi connectivity index (χ3n) is 1.74. The molecule has 6 heteroatoms. The van der Waals surface area contributed by atoms with Gasteiger partial charge < -0.3 is 0 Å². The molecule has 0 aromatic heterocycles. The second-order valence-electron chi connectivity index (χ2n) is 2.76. The SMILES string of the molecule is [N-]=[N+]=NCCC(=O)c1ccc(Cl)c(Cl)c1. The van der Waals surface area contributed by atoms with Gasteiger partial charge in [-0.3, -0.25) is 4.79 Å². The first-order valence-corrected chi connectivity index (χ1v) is 4.90. The number of carbonyl (C=O) groups is 1. The fraction of sp³-hybridized carbons (Fsp3) is 0.222. The summed E-state index contributed by atoms with van der Waals surface area (Å²) in [7, 11) is 0. The van der Waals surface area contributed by atoms with Gasteiger partial charge in [0.05, 0.1) is 10.0 Å². The fourth-order valence-corrected chi connectivity index (χ4v) is 1.31. The molecule has 0 radical (unpaired) electrons. The number of benzene rings is 1. The molecule has 0 unspecified atom stereocenters. The molecule has 0 heterocycles. The van der Waals surface area contributed by atoms with Crippen molar-refractivity contribution >= 4 is 29.0 Å². The first-order chi connectivity index (χ1) is 7.15. The molecule has 0 fully saturated rings. The highest BCUT2D eigenvalue weighted by atomic mass is 35.5. The molecular formula is C9H7Cl2N3O. The number of Topliss-reactive ketones (excluding diaryl/α,β-unsaturated/α-hetero) is 1. The third-order valence-corrected chi connectivity index (χ3v) is 2.48. The largest absolute Gasteiger partial charge is 0.294 e. The van der Waals surface area contributed by atoms with Crippen molar-refractivity contribution in [1.82, 2.24) is 0 Å². The predicted molar refractivity (Wildman–Crippen MR) is 59.4 cm³/mol. The van der Waals surface area contributed by atoms with Crippen molar-refractivity contribution in [1.29, 1.82) is 0 Å². The van der Waals surface area contributed by atoms with Gasteiger partial charge in [0.15, 0.2) is 5.78 Å². The van der Waals surface area contributed by atoms with Gasteiger partial charge in [0, 0.05) is 23.4 Å². The van der Waals surface area contributed by atoms with Gasteiger partial charge in [-0.2, -0.15) is 0 Å². The average molecular weight is 244 g/mol. The maximum atomic E-state index is 11.5. The average Bonchev–Trinajstić information content (AvgIpc) is 2.22. The summed E-state index contributed by atoms with van der Waals surface area (Å²) >= 11 is 11.5. The molecule has 4 nitrogen and oxygen atoms in total. The standard InChI is InChI=1S/C9H7Cl2N3O/c10-7-2-1-6(5-8(7)11)9(15)3-4-13-14-12/h1-2,5H,3-4H2. The summed E-state index contributed by atoms with van der Waals surface area (Å²) in [6.07, 6.45) is 0.169. The fourth-order valence-electron chi connectivity index (χ4n) is 1.01. The first kappa shape index (κ1) is 11.9. The van der Waals surface area contributed by atoms with Gasteiger partial charge in [0.1, 0.15) is 0 Å². The van der Waals surface area contributed by atoms with Crippen LogP contribution in [0.15, 0.2) is 23.3 Å². The van der Waals surface area contributed by atoms with Crippen molar-refractivity contribution in [3.63, 3.8) is 0 Å². The van der Waals surface area contributed by atoms with Crippen molar-refractivity contribution in [2.24, 2.45) is 5.11 Å². The van der Waals surface area contributed by atoms with Crippen LogP contribution in [0, 0.1) is 0 Å². The van der Waals surface area contributed by atoms with Crippen LogP contribution in [0.5, 0.6) is 0 Å². The van der Waals surface area contributed by atoms with E-state index in [0.717, 1.165) is 0 Å². The van der Waals surface area contributed by atoms with Crippen molar-refractivity contribution in [2.45, 2.75) is 6.42 Å². The summed E-state index contributed by atoms with van der Waals surface area (Å²) < 4.78 is 0. The van der Waals surface area contributed by atoms with Crippen LogP contribution in [0.3, 0.4) is 0 Å². The number of carbonyl (C=O) groups excluding carboxylic acids is 1. The number of nitrogens with zero attached hydrogens (tertiary/aromatic N) is 3. The predicted octanol–water partition coefficient (Wildman–Crippen LogP) is 3.88. The van der Waals surface area contributed by atoms with Crippen molar-refractivity contribution in [3.05, 3.63) is 44.3 Å². The van der Waals surface area contributed by atoms with E-state index in [9.17, 15) is 4.79 Å². The van der Waals surface area contributed by atoms with E-state index in [1.807, 2.05) is 0 Å². The minimum Gasteiger partial charge on any atom is -0.294 e. The Labute approximate surface area is 96.4 Å². The Kier molecular flexibility index (Phi) is 4.43. The molecule has 0 aliphatic carbocycles. The summed E-state index contributed by atoms with van der Waals surface area (Å²) in [5.74, 6) is -0.124. The normalized spacial score (nSPS) is 9.47. The van der Waals surface area contributed by atoms with E-state index in [1.54, 1.807) is 12.1 Å². The lowest BCUT2D eigenvalue weighted by atomic mass is 10.1. The van der Waals surface area contributed by atoms with Crippen molar-refractivity contribution in [2.75, 3.05) is 6.54 Å². The molecule has 0 spiro atoms. The Bertz CT molecular complexity index is 427. The van der Waals surface area contributed by atoms with E-state index in [-0.39, 0.29) is 18.7 Å². The van der Waals surface area contributed by atoms with Gasteiger partial charge in [0.2, 0.25) is 0 Å². The first-order valence-electron chi connectivity index (χ1n) is 4.14. The van der Waals surface area contributed by atoms with Gasteiger partial charge >= 0.3 is 0 Å². The zero-order chi connectivity index (χ0) is 11.3. The van der Waals surface area contributed by atoms with Crippen molar-refractivity contribution in [3.8, 4) is 0 Å². The van der Waals surface area contributed by atoms with Gasteiger partial charge in [0.25, 0.3) is 0 Å². The highest BCUT2D eigenvalue weighted by molar-refractivity contribution is 6.42. The van der Waals surface area contributed by atoms with Crippen LogP contribution in [-0.4, -0.2) is 12.3 Å².